The van der Waals surface area contributed by atoms with Gasteiger partial charge < -0.3 is 20.3 Å². The highest BCUT2D eigenvalue weighted by Crippen LogP contribution is 2.42. The Bertz CT molecular complexity index is 938. The molecule has 3 unspecified atom stereocenters. The lowest BCUT2D eigenvalue weighted by atomic mass is 9.82. The largest absolute Gasteiger partial charge is 0.445 e. The van der Waals surface area contributed by atoms with Crippen molar-refractivity contribution >= 4 is 17.9 Å². The highest BCUT2D eigenvalue weighted by atomic mass is 16.5. The average Bonchev–Trinajstić information content (AvgIpc) is 3.47. The highest BCUT2D eigenvalue weighted by Gasteiger charge is 2.47. The summed E-state index contributed by atoms with van der Waals surface area (Å²) in [6.07, 6.45) is 7.96. The van der Waals surface area contributed by atoms with Crippen molar-refractivity contribution in [2.24, 2.45) is 23.2 Å². The Morgan fingerprint density at radius 3 is 2.32 bits per heavy atom. The van der Waals surface area contributed by atoms with Crippen LogP contribution in [0.4, 0.5) is 4.79 Å². The zero-order valence-electron chi connectivity index (χ0n) is 23.0. The monoisotopic (exact) mass is 511 g/mol. The molecular weight excluding hydrogens is 466 g/mol. The molecule has 2 N–H and O–H groups in total. The van der Waals surface area contributed by atoms with E-state index in [1.807, 2.05) is 56.0 Å². The molecule has 2 saturated carbocycles. The summed E-state index contributed by atoms with van der Waals surface area (Å²) >= 11 is 0. The number of benzene rings is 1. The molecule has 0 radical (unpaired) electrons. The topological polar surface area (TPSA) is 87.7 Å². The summed E-state index contributed by atoms with van der Waals surface area (Å²) in [7, 11) is 0. The Morgan fingerprint density at radius 2 is 1.68 bits per heavy atom. The summed E-state index contributed by atoms with van der Waals surface area (Å²) in [5.74, 6) is 0.877. The number of nitrogens with one attached hydrogen (secondary N) is 2. The number of nitrogens with zero attached hydrogens (tertiary/aromatic N) is 1. The summed E-state index contributed by atoms with van der Waals surface area (Å²) in [6, 6.07) is 8.31. The van der Waals surface area contributed by atoms with Crippen LogP contribution in [-0.2, 0) is 20.9 Å². The highest BCUT2D eigenvalue weighted by molar-refractivity contribution is 5.92. The number of hydrogen-bond donors (Lipinski definition) is 2. The maximum absolute atomic E-state index is 13.8. The van der Waals surface area contributed by atoms with Gasteiger partial charge in [0.2, 0.25) is 11.8 Å². The van der Waals surface area contributed by atoms with Crippen LogP contribution in [0, 0.1) is 23.2 Å². The summed E-state index contributed by atoms with van der Waals surface area (Å²) in [4.78, 5) is 42.4. The Hall–Kier alpha value is -2.57. The Labute approximate surface area is 222 Å². The molecule has 7 heteroatoms. The van der Waals surface area contributed by atoms with E-state index in [9.17, 15) is 14.4 Å². The van der Waals surface area contributed by atoms with E-state index in [0.717, 1.165) is 44.2 Å². The van der Waals surface area contributed by atoms with Gasteiger partial charge in [-0.2, -0.15) is 0 Å². The fourth-order valence-corrected chi connectivity index (χ4v) is 6.67. The second-order valence-corrected chi connectivity index (χ2v) is 12.5. The van der Waals surface area contributed by atoms with Crippen molar-refractivity contribution in [2.45, 2.75) is 104 Å². The molecule has 0 bridgehead atoms. The van der Waals surface area contributed by atoms with Crippen molar-refractivity contribution in [2.75, 3.05) is 6.54 Å². The number of carbonyl (C=O) groups excluding carboxylic acids is 3. The number of amides is 3. The van der Waals surface area contributed by atoms with E-state index in [0.29, 0.717) is 11.8 Å². The minimum atomic E-state index is -0.725. The predicted octanol–water partition coefficient (Wildman–Crippen LogP) is 5.04. The van der Waals surface area contributed by atoms with Crippen molar-refractivity contribution in [1.82, 2.24) is 15.5 Å². The third-order valence-corrected chi connectivity index (χ3v) is 8.83. The van der Waals surface area contributed by atoms with E-state index in [2.05, 4.69) is 17.6 Å². The van der Waals surface area contributed by atoms with Crippen LogP contribution in [0.1, 0.15) is 84.6 Å². The van der Waals surface area contributed by atoms with Crippen LogP contribution in [0.15, 0.2) is 30.3 Å². The van der Waals surface area contributed by atoms with E-state index in [1.165, 1.54) is 19.3 Å². The molecule has 1 aromatic rings. The van der Waals surface area contributed by atoms with Crippen LogP contribution in [-0.4, -0.2) is 47.5 Å². The molecule has 0 spiro atoms. The zero-order valence-corrected chi connectivity index (χ0v) is 23.0. The molecule has 37 heavy (non-hydrogen) atoms. The molecule has 7 nitrogen and oxygen atoms in total. The van der Waals surface area contributed by atoms with Crippen LogP contribution in [0.5, 0.6) is 0 Å². The molecule has 1 heterocycles. The van der Waals surface area contributed by atoms with Crippen molar-refractivity contribution in [3.8, 4) is 0 Å². The number of carbonyl (C=O) groups is 3. The number of rotatable bonds is 7. The fourth-order valence-electron chi connectivity index (χ4n) is 6.67. The third-order valence-electron chi connectivity index (χ3n) is 8.83. The standard InChI is InChI=1S/C30H45N3O4/c1-20-24-17-11-16-23(24)18-33(20)28(35)26(30(2,3)4)32-27(34)25(22-14-9-6-10-15-22)31-29(36)37-19-21-12-7-5-8-13-21/h5,7-8,12-13,20,22-26H,6,9-11,14-19H2,1-4H3,(H,31,36)(H,32,34)/t20-,23?,24?,25+,26?/m1/s1. The second-order valence-electron chi connectivity index (χ2n) is 12.5. The van der Waals surface area contributed by atoms with Gasteiger partial charge in [-0.25, -0.2) is 4.79 Å². The van der Waals surface area contributed by atoms with Crippen LogP contribution in [0.3, 0.4) is 0 Å². The molecule has 1 saturated heterocycles. The number of fused-ring (bicyclic) bond motifs is 1. The molecule has 3 amide bonds. The quantitative estimate of drug-likeness (QED) is 0.537. The van der Waals surface area contributed by atoms with Gasteiger partial charge in [-0.05, 0) is 61.3 Å². The maximum atomic E-state index is 13.8. The van der Waals surface area contributed by atoms with Gasteiger partial charge in [0.15, 0.2) is 0 Å². The summed E-state index contributed by atoms with van der Waals surface area (Å²) < 4.78 is 5.45. The van der Waals surface area contributed by atoms with E-state index in [4.69, 9.17) is 4.74 Å². The summed E-state index contributed by atoms with van der Waals surface area (Å²) in [5.41, 5.74) is 0.425. The van der Waals surface area contributed by atoms with E-state index in [1.54, 1.807) is 0 Å². The van der Waals surface area contributed by atoms with Crippen molar-refractivity contribution in [3.05, 3.63) is 35.9 Å². The number of likely N-dealkylation sites (tertiary alicyclic amines) is 1. The van der Waals surface area contributed by atoms with Crippen molar-refractivity contribution in [3.63, 3.8) is 0 Å². The first kappa shape index (κ1) is 27.5. The number of ether oxygens (including phenoxy) is 1. The summed E-state index contributed by atoms with van der Waals surface area (Å²) in [5, 5.41) is 5.96. The van der Waals surface area contributed by atoms with Gasteiger partial charge >= 0.3 is 6.09 Å². The molecule has 3 fully saturated rings. The minimum absolute atomic E-state index is 0.00296. The molecule has 1 aromatic carbocycles. The van der Waals surface area contributed by atoms with Gasteiger partial charge in [-0.3, -0.25) is 9.59 Å². The van der Waals surface area contributed by atoms with E-state index >= 15 is 0 Å². The normalized spacial score (nSPS) is 25.7. The molecule has 4 rings (SSSR count). The first-order chi connectivity index (χ1) is 17.6. The van der Waals surface area contributed by atoms with Crippen molar-refractivity contribution < 1.29 is 19.1 Å². The lowest BCUT2D eigenvalue weighted by Crippen LogP contribution is -2.60. The average molecular weight is 512 g/mol. The molecule has 204 valence electrons. The van der Waals surface area contributed by atoms with Crippen LogP contribution in [0.25, 0.3) is 0 Å². The minimum Gasteiger partial charge on any atom is -0.445 e. The van der Waals surface area contributed by atoms with Gasteiger partial charge in [-0.1, -0.05) is 76.8 Å². The number of hydrogen-bond acceptors (Lipinski definition) is 4. The molecule has 5 atom stereocenters. The molecule has 0 aromatic heterocycles. The molecule has 2 aliphatic carbocycles. The Balaban J connectivity index is 1.45. The van der Waals surface area contributed by atoms with E-state index in [-0.39, 0.29) is 30.4 Å². The Kier molecular flexibility index (Phi) is 8.81. The SMILES string of the molecule is C[C@@H]1C2CCCC2CN1C(=O)C(NC(=O)[C@@H](NC(=O)OCc1ccccc1)C1CCCCC1)C(C)(C)C. The second kappa shape index (κ2) is 11.9. The zero-order chi connectivity index (χ0) is 26.6. The fraction of sp³-hybridized carbons (Fsp3) is 0.700. The lowest BCUT2D eigenvalue weighted by molar-refractivity contribution is -0.141. The third kappa shape index (κ3) is 6.66. The summed E-state index contributed by atoms with van der Waals surface area (Å²) in [6.45, 7) is 9.06. The first-order valence-electron chi connectivity index (χ1n) is 14.2. The molecule has 3 aliphatic rings. The van der Waals surface area contributed by atoms with Gasteiger partial charge in [0.1, 0.15) is 18.7 Å². The van der Waals surface area contributed by atoms with Gasteiger partial charge in [0, 0.05) is 12.6 Å². The van der Waals surface area contributed by atoms with Gasteiger partial charge in [-0.15, -0.1) is 0 Å². The number of alkyl carbamates (subject to hydrolysis) is 1. The molecule has 1 aliphatic heterocycles. The van der Waals surface area contributed by atoms with Crippen LogP contribution < -0.4 is 10.6 Å². The van der Waals surface area contributed by atoms with Crippen LogP contribution >= 0.6 is 0 Å². The van der Waals surface area contributed by atoms with Crippen molar-refractivity contribution in [1.29, 1.82) is 0 Å². The van der Waals surface area contributed by atoms with Gasteiger partial charge in [0.25, 0.3) is 0 Å². The van der Waals surface area contributed by atoms with E-state index < -0.39 is 23.6 Å². The lowest BCUT2D eigenvalue weighted by Gasteiger charge is -2.37. The van der Waals surface area contributed by atoms with Gasteiger partial charge in [0.05, 0.1) is 0 Å². The predicted molar refractivity (Wildman–Crippen MR) is 144 cm³/mol. The smallest absolute Gasteiger partial charge is 0.408 e. The molecular formula is C30H45N3O4. The Morgan fingerprint density at radius 1 is 0.973 bits per heavy atom. The first-order valence-corrected chi connectivity index (χ1v) is 14.2. The maximum Gasteiger partial charge on any atom is 0.408 e. The van der Waals surface area contributed by atoms with Crippen LogP contribution in [0.2, 0.25) is 0 Å².